The first kappa shape index (κ1) is 25.2. The van der Waals surface area contributed by atoms with E-state index in [1.165, 1.54) is 24.3 Å². The van der Waals surface area contributed by atoms with Crippen LogP contribution in [0.15, 0.2) is 59.8 Å². The zero-order valence-electron chi connectivity index (χ0n) is 19.3. The number of anilines is 1. The molecule has 11 heteroatoms. The quantitative estimate of drug-likeness (QED) is 0.456. The van der Waals surface area contributed by atoms with Gasteiger partial charge in [0.05, 0.1) is 15.6 Å². The van der Waals surface area contributed by atoms with Gasteiger partial charge in [0.25, 0.3) is 15.9 Å². The van der Waals surface area contributed by atoms with Crippen molar-refractivity contribution in [2.24, 2.45) is 5.92 Å². The highest BCUT2D eigenvalue weighted by molar-refractivity contribution is 7.90. The smallest absolute Gasteiger partial charge is 0.281 e. The standard InChI is InChI=1S/C24H24Cl2N4O4S/c1-15-11-13-30(24(15,2)3)22-17(6-5-12-27-22)23(31)29-35(32,33)21-8-4-7-20(28-21)34-16-9-10-18(25)19(26)14-16/h4-10,12,14-15H,11,13H2,1-3H3,(H,29,31). The van der Waals surface area contributed by atoms with E-state index in [4.69, 9.17) is 27.9 Å². The maximum absolute atomic E-state index is 13.1. The number of hydrogen-bond donors (Lipinski definition) is 1. The number of ether oxygens (including phenoxy) is 1. The van der Waals surface area contributed by atoms with Crippen molar-refractivity contribution in [3.05, 3.63) is 70.3 Å². The number of hydrogen-bond acceptors (Lipinski definition) is 7. The third-order valence-corrected chi connectivity index (χ3v) is 8.26. The summed E-state index contributed by atoms with van der Waals surface area (Å²) in [5.41, 5.74) is -0.0680. The number of aromatic nitrogens is 2. The molecule has 0 aliphatic carbocycles. The molecule has 35 heavy (non-hydrogen) atoms. The number of nitrogens with one attached hydrogen (secondary N) is 1. The molecule has 1 unspecified atom stereocenters. The molecule has 184 valence electrons. The summed E-state index contributed by atoms with van der Waals surface area (Å²) in [7, 11) is -4.30. The van der Waals surface area contributed by atoms with Gasteiger partial charge in [-0.3, -0.25) is 4.79 Å². The van der Waals surface area contributed by atoms with Crippen molar-refractivity contribution in [3.63, 3.8) is 0 Å². The molecule has 2 aromatic heterocycles. The first-order chi connectivity index (χ1) is 16.5. The van der Waals surface area contributed by atoms with E-state index >= 15 is 0 Å². The van der Waals surface area contributed by atoms with Gasteiger partial charge in [0.15, 0.2) is 5.03 Å². The molecule has 0 radical (unpaired) electrons. The van der Waals surface area contributed by atoms with Crippen LogP contribution in [0.5, 0.6) is 11.6 Å². The molecule has 0 bridgehead atoms. The van der Waals surface area contributed by atoms with Crippen molar-refractivity contribution < 1.29 is 17.9 Å². The molecular weight excluding hydrogens is 511 g/mol. The van der Waals surface area contributed by atoms with Gasteiger partial charge in [-0.15, -0.1) is 0 Å². The Kier molecular flexibility index (Phi) is 6.95. The van der Waals surface area contributed by atoms with Crippen molar-refractivity contribution in [3.8, 4) is 11.6 Å². The second-order valence-electron chi connectivity index (χ2n) is 8.80. The van der Waals surface area contributed by atoms with Crippen LogP contribution >= 0.6 is 23.2 Å². The average molecular weight is 535 g/mol. The highest BCUT2D eigenvalue weighted by Crippen LogP contribution is 2.38. The number of amides is 1. The number of carbonyl (C=O) groups is 1. The molecule has 3 heterocycles. The van der Waals surface area contributed by atoms with Crippen LogP contribution in [0.4, 0.5) is 5.82 Å². The van der Waals surface area contributed by atoms with Gasteiger partial charge < -0.3 is 9.64 Å². The van der Waals surface area contributed by atoms with Crippen molar-refractivity contribution in [2.45, 2.75) is 37.8 Å². The van der Waals surface area contributed by atoms with Gasteiger partial charge in [0.1, 0.15) is 11.6 Å². The second kappa shape index (κ2) is 9.64. The molecule has 0 spiro atoms. The first-order valence-corrected chi connectivity index (χ1v) is 13.1. The lowest BCUT2D eigenvalue weighted by Crippen LogP contribution is -2.43. The lowest BCUT2D eigenvalue weighted by atomic mass is 9.90. The molecule has 1 aliphatic heterocycles. The predicted molar refractivity (Wildman–Crippen MR) is 135 cm³/mol. The maximum atomic E-state index is 13.1. The van der Waals surface area contributed by atoms with Crippen LogP contribution in [0.1, 0.15) is 37.6 Å². The van der Waals surface area contributed by atoms with Crippen LogP contribution in [0.2, 0.25) is 10.0 Å². The molecule has 8 nitrogen and oxygen atoms in total. The molecule has 1 aliphatic rings. The number of nitrogens with zero attached hydrogens (tertiary/aromatic N) is 3. The van der Waals surface area contributed by atoms with Gasteiger partial charge in [0, 0.05) is 30.4 Å². The van der Waals surface area contributed by atoms with Crippen LogP contribution in [0, 0.1) is 5.92 Å². The zero-order chi connectivity index (χ0) is 25.4. The fourth-order valence-corrected chi connectivity index (χ4v) is 5.11. The Morgan fingerprint density at radius 2 is 1.91 bits per heavy atom. The van der Waals surface area contributed by atoms with Gasteiger partial charge in [-0.25, -0.2) is 9.71 Å². The minimum absolute atomic E-state index is 0.00795. The summed E-state index contributed by atoms with van der Waals surface area (Å²) >= 11 is 11.9. The number of carbonyl (C=O) groups excluding carboxylic acids is 1. The lowest BCUT2D eigenvalue weighted by Gasteiger charge is -2.36. The van der Waals surface area contributed by atoms with Gasteiger partial charge in [0.2, 0.25) is 5.88 Å². The fourth-order valence-electron chi connectivity index (χ4n) is 3.89. The lowest BCUT2D eigenvalue weighted by molar-refractivity contribution is 0.0981. The second-order valence-corrected chi connectivity index (χ2v) is 11.2. The highest BCUT2D eigenvalue weighted by atomic mass is 35.5. The SMILES string of the molecule is CC1CCN(c2ncccc2C(=O)NS(=O)(=O)c2cccc(Oc3ccc(Cl)c(Cl)c3)n2)C1(C)C. The molecule has 1 aromatic carbocycles. The Morgan fingerprint density at radius 3 is 2.60 bits per heavy atom. The third-order valence-electron chi connectivity index (χ3n) is 6.29. The molecule has 4 rings (SSSR count). The molecule has 3 aromatic rings. The van der Waals surface area contributed by atoms with Crippen molar-refractivity contribution in [1.82, 2.24) is 14.7 Å². The Hall–Kier alpha value is -2.88. The van der Waals surface area contributed by atoms with E-state index in [-0.39, 0.29) is 27.0 Å². The number of pyridine rings is 2. The summed E-state index contributed by atoms with van der Waals surface area (Å²) in [4.78, 5) is 23.6. The largest absolute Gasteiger partial charge is 0.439 e. The van der Waals surface area contributed by atoms with Crippen LogP contribution in [0.25, 0.3) is 0 Å². The number of halogens is 2. The zero-order valence-corrected chi connectivity index (χ0v) is 21.7. The number of benzene rings is 1. The summed E-state index contributed by atoms with van der Waals surface area (Å²) in [6.45, 7) is 7.03. The highest BCUT2D eigenvalue weighted by Gasteiger charge is 2.40. The summed E-state index contributed by atoms with van der Waals surface area (Å²) in [6.07, 6.45) is 2.53. The van der Waals surface area contributed by atoms with Gasteiger partial charge in [-0.05, 0) is 56.5 Å². The van der Waals surface area contributed by atoms with E-state index in [9.17, 15) is 13.2 Å². The van der Waals surface area contributed by atoms with E-state index in [2.05, 4.69) is 35.5 Å². The van der Waals surface area contributed by atoms with Gasteiger partial charge in [-0.1, -0.05) is 36.2 Å². The number of rotatable bonds is 6. The van der Waals surface area contributed by atoms with Crippen molar-refractivity contribution in [1.29, 1.82) is 0 Å². The van der Waals surface area contributed by atoms with E-state index in [1.807, 2.05) is 4.90 Å². The molecule has 1 saturated heterocycles. The van der Waals surface area contributed by atoms with E-state index in [0.29, 0.717) is 29.1 Å². The molecule has 1 amide bonds. The minimum atomic E-state index is -4.30. The molecular formula is C24H24Cl2N4O4S. The molecule has 0 saturated carbocycles. The molecule has 1 N–H and O–H groups in total. The number of sulfonamides is 1. The topological polar surface area (TPSA) is 101 Å². The van der Waals surface area contributed by atoms with Crippen molar-refractivity contribution >= 4 is 45.0 Å². The predicted octanol–water partition coefficient (Wildman–Crippen LogP) is 5.32. The summed E-state index contributed by atoms with van der Waals surface area (Å²) in [5.74, 6) is 0.369. The van der Waals surface area contributed by atoms with E-state index in [1.54, 1.807) is 30.5 Å². The Balaban J connectivity index is 1.57. The monoisotopic (exact) mass is 534 g/mol. The minimum Gasteiger partial charge on any atom is -0.439 e. The van der Waals surface area contributed by atoms with Crippen LogP contribution in [0.3, 0.4) is 0 Å². The van der Waals surface area contributed by atoms with Crippen LogP contribution in [-0.4, -0.2) is 36.4 Å². The normalized spacial score (nSPS) is 17.3. The Morgan fingerprint density at radius 1 is 1.14 bits per heavy atom. The van der Waals surface area contributed by atoms with E-state index < -0.39 is 15.9 Å². The summed E-state index contributed by atoms with van der Waals surface area (Å²) < 4.78 is 33.7. The Bertz CT molecular complexity index is 1380. The van der Waals surface area contributed by atoms with Crippen LogP contribution < -0.4 is 14.4 Å². The maximum Gasteiger partial charge on any atom is 0.281 e. The molecule has 1 atom stereocenters. The third kappa shape index (κ3) is 5.22. The fraction of sp³-hybridized carbons (Fsp3) is 0.292. The first-order valence-electron chi connectivity index (χ1n) is 10.9. The summed E-state index contributed by atoms with van der Waals surface area (Å²) in [5, 5.41) is 0.264. The van der Waals surface area contributed by atoms with Crippen LogP contribution in [-0.2, 0) is 10.0 Å². The Labute approximate surface area is 214 Å². The summed E-state index contributed by atoms with van der Waals surface area (Å²) in [6, 6.07) is 12.0. The average Bonchev–Trinajstić information content (AvgIpc) is 3.08. The van der Waals surface area contributed by atoms with Gasteiger partial charge >= 0.3 is 0 Å². The van der Waals surface area contributed by atoms with Crippen molar-refractivity contribution in [2.75, 3.05) is 11.4 Å². The van der Waals surface area contributed by atoms with E-state index in [0.717, 1.165) is 6.42 Å². The van der Waals surface area contributed by atoms with Gasteiger partial charge in [-0.2, -0.15) is 13.4 Å². The molecule has 1 fully saturated rings.